The second-order valence-corrected chi connectivity index (χ2v) is 9.48. The summed E-state index contributed by atoms with van der Waals surface area (Å²) in [5.41, 5.74) is 0. The number of nitrogens with zero attached hydrogens (tertiary/aromatic N) is 1. The van der Waals surface area contributed by atoms with Crippen molar-refractivity contribution in [3.8, 4) is 0 Å². The minimum Gasteiger partial charge on any atom is -0.313 e. The maximum absolute atomic E-state index is 3.91. The number of piperidine rings is 1. The van der Waals surface area contributed by atoms with Gasteiger partial charge in [0.25, 0.3) is 0 Å². The predicted molar refractivity (Wildman–Crippen MR) is 95.1 cm³/mol. The third kappa shape index (κ3) is 3.90. The fourth-order valence-electron chi connectivity index (χ4n) is 4.08. The molecule has 0 spiro atoms. The van der Waals surface area contributed by atoms with Gasteiger partial charge in [0.2, 0.25) is 0 Å². The SMILES string of the molecule is CC(C)N1CC2CCCC(C1)C2NCCc1ccc(Br)s1. The average molecular weight is 371 g/mol. The Morgan fingerprint density at radius 1 is 1.29 bits per heavy atom. The maximum Gasteiger partial charge on any atom is 0.0701 e. The van der Waals surface area contributed by atoms with Crippen molar-refractivity contribution >= 4 is 27.3 Å². The molecule has 2 atom stereocenters. The van der Waals surface area contributed by atoms with Gasteiger partial charge in [0.05, 0.1) is 3.79 Å². The first-order valence-corrected chi connectivity index (χ1v) is 9.96. The number of nitrogens with one attached hydrogen (secondary N) is 1. The van der Waals surface area contributed by atoms with Crippen LogP contribution in [0.4, 0.5) is 0 Å². The highest BCUT2D eigenvalue weighted by molar-refractivity contribution is 9.11. The molecule has 3 rings (SSSR count). The number of fused-ring (bicyclic) bond motifs is 2. The van der Waals surface area contributed by atoms with Crippen LogP contribution < -0.4 is 5.32 Å². The van der Waals surface area contributed by atoms with Crippen LogP contribution in [-0.4, -0.2) is 36.6 Å². The highest BCUT2D eigenvalue weighted by atomic mass is 79.9. The van der Waals surface area contributed by atoms with Gasteiger partial charge in [-0.05, 0) is 73.0 Å². The molecule has 1 aliphatic carbocycles. The smallest absolute Gasteiger partial charge is 0.0701 e. The third-order valence-corrected chi connectivity index (χ3v) is 6.90. The van der Waals surface area contributed by atoms with E-state index in [1.807, 2.05) is 11.3 Å². The molecule has 2 nitrogen and oxygen atoms in total. The van der Waals surface area contributed by atoms with Gasteiger partial charge >= 0.3 is 0 Å². The van der Waals surface area contributed by atoms with Crippen LogP contribution in [0.25, 0.3) is 0 Å². The predicted octanol–water partition coefficient (Wildman–Crippen LogP) is 4.15. The van der Waals surface area contributed by atoms with E-state index in [0.29, 0.717) is 6.04 Å². The first kappa shape index (κ1) is 16.0. The van der Waals surface area contributed by atoms with Crippen molar-refractivity contribution in [3.05, 3.63) is 20.8 Å². The van der Waals surface area contributed by atoms with Crippen LogP contribution in [0.1, 0.15) is 38.0 Å². The molecule has 2 aliphatic rings. The summed E-state index contributed by atoms with van der Waals surface area (Å²) in [5, 5.41) is 3.91. The van der Waals surface area contributed by atoms with Crippen LogP contribution in [-0.2, 0) is 6.42 Å². The lowest BCUT2D eigenvalue weighted by atomic mass is 9.73. The third-order valence-electron chi connectivity index (χ3n) is 5.21. The summed E-state index contributed by atoms with van der Waals surface area (Å²) in [6.07, 6.45) is 5.45. The molecule has 2 bridgehead atoms. The molecule has 1 aromatic heterocycles. The lowest BCUT2D eigenvalue weighted by molar-refractivity contribution is 0.0300. The molecule has 1 N–H and O–H groups in total. The molecule has 0 aromatic carbocycles. The highest BCUT2D eigenvalue weighted by Gasteiger charge is 2.39. The van der Waals surface area contributed by atoms with Crippen molar-refractivity contribution in [1.29, 1.82) is 0 Å². The van der Waals surface area contributed by atoms with Crippen LogP contribution in [0.3, 0.4) is 0 Å². The summed E-state index contributed by atoms with van der Waals surface area (Å²) in [5.74, 6) is 1.74. The summed E-state index contributed by atoms with van der Waals surface area (Å²) >= 11 is 5.42. The van der Waals surface area contributed by atoms with Gasteiger partial charge in [0.1, 0.15) is 0 Å². The second kappa shape index (κ2) is 7.12. The van der Waals surface area contributed by atoms with Gasteiger partial charge in [-0.15, -0.1) is 11.3 Å². The Morgan fingerprint density at radius 3 is 2.57 bits per heavy atom. The Labute approximate surface area is 141 Å². The van der Waals surface area contributed by atoms with E-state index in [-0.39, 0.29) is 0 Å². The fourth-order valence-corrected chi connectivity index (χ4v) is 5.56. The highest BCUT2D eigenvalue weighted by Crippen LogP contribution is 2.35. The molecule has 118 valence electrons. The molecule has 21 heavy (non-hydrogen) atoms. The molecule has 1 saturated heterocycles. The number of hydrogen-bond acceptors (Lipinski definition) is 3. The van der Waals surface area contributed by atoms with Gasteiger partial charge in [0.15, 0.2) is 0 Å². The number of likely N-dealkylation sites (tertiary alicyclic amines) is 1. The van der Waals surface area contributed by atoms with Gasteiger partial charge in [-0.3, -0.25) is 0 Å². The standard InChI is InChI=1S/C17H27BrN2S/c1-12(2)20-10-13-4-3-5-14(11-20)17(13)19-9-8-15-6-7-16(18)21-15/h6-7,12-14,17,19H,3-5,8-11H2,1-2H3. The van der Waals surface area contributed by atoms with E-state index >= 15 is 0 Å². The van der Waals surface area contributed by atoms with Crippen molar-refractivity contribution in [2.45, 2.75) is 51.6 Å². The van der Waals surface area contributed by atoms with E-state index in [0.717, 1.165) is 24.4 Å². The van der Waals surface area contributed by atoms with Crippen LogP contribution in [0.2, 0.25) is 0 Å². The van der Waals surface area contributed by atoms with Crippen molar-refractivity contribution < 1.29 is 0 Å². The minimum absolute atomic E-state index is 0.706. The van der Waals surface area contributed by atoms with Gasteiger partial charge < -0.3 is 10.2 Å². The number of rotatable bonds is 5. The molecule has 1 aromatic rings. The molecule has 1 saturated carbocycles. The zero-order chi connectivity index (χ0) is 14.8. The van der Waals surface area contributed by atoms with E-state index in [9.17, 15) is 0 Å². The van der Waals surface area contributed by atoms with E-state index < -0.39 is 0 Å². The summed E-state index contributed by atoms with van der Waals surface area (Å²) < 4.78 is 1.25. The zero-order valence-corrected chi connectivity index (χ0v) is 15.5. The van der Waals surface area contributed by atoms with Gasteiger partial charge in [-0.2, -0.15) is 0 Å². The molecule has 0 amide bonds. The molecule has 2 unspecified atom stereocenters. The molecular formula is C17H27BrN2S. The summed E-state index contributed by atoms with van der Waals surface area (Å²) in [6.45, 7) is 8.43. The Hall–Kier alpha value is 0.1000. The Morgan fingerprint density at radius 2 is 2.00 bits per heavy atom. The quantitative estimate of drug-likeness (QED) is 0.837. The largest absolute Gasteiger partial charge is 0.313 e. The molecule has 2 heterocycles. The fraction of sp³-hybridized carbons (Fsp3) is 0.765. The monoisotopic (exact) mass is 370 g/mol. The summed E-state index contributed by atoms with van der Waals surface area (Å²) in [7, 11) is 0. The Bertz CT molecular complexity index is 445. The first-order chi connectivity index (χ1) is 10.1. The van der Waals surface area contributed by atoms with Crippen LogP contribution in [0, 0.1) is 11.8 Å². The van der Waals surface area contributed by atoms with E-state index in [1.54, 1.807) is 0 Å². The molecule has 2 fully saturated rings. The van der Waals surface area contributed by atoms with E-state index in [1.165, 1.54) is 47.4 Å². The Kier molecular flexibility index (Phi) is 5.41. The van der Waals surface area contributed by atoms with Crippen LogP contribution in [0.15, 0.2) is 15.9 Å². The van der Waals surface area contributed by atoms with Crippen molar-refractivity contribution in [1.82, 2.24) is 10.2 Å². The average Bonchev–Trinajstić information content (AvgIpc) is 2.83. The Balaban J connectivity index is 1.53. The number of hydrogen-bond donors (Lipinski definition) is 1. The number of thiophene rings is 1. The maximum atomic E-state index is 3.91. The first-order valence-electron chi connectivity index (χ1n) is 8.35. The molecule has 1 aliphatic heterocycles. The molecule has 0 radical (unpaired) electrons. The molecular weight excluding hydrogens is 344 g/mol. The number of halogens is 1. The lowest BCUT2D eigenvalue weighted by Gasteiger charge is -2.49. The van der Waals surface area contributed by atoms with Crippen molar-refractivity contribution in [3.63, 3.8) is 0 Å². The van der Waals surface area contributed by atoms with Gasteiger partial charge in [0, 0.05) is 36.6 Å². The minimum atomic E-state index is 0.706. The van der Waals surface area contributed by atoms with E-state index in [4.69, 9.17) is 0 Å². The van der Waals surface area contributed by atoms with Crippen molar-refractivity contribution in [2.24, 2.45) is 11.8 Å². The summed E-state index contributed by atoms with van der Waals surface area (Å²) in [4.78, 5) is 4.18. The summed E-state index contributed by atoms with van der Waals surface area (Å²) in [6, 6.07) is 5.88. The topological polar surface area (TPSA) is 15.3 Å². The van der Waals surface area contributed by atoms with Crippen LogP contribution >= 0.6 is 27.3 Å². The zero-order valence-electron chi connectivity index (χ0n) is 13.1. The normalized spacial score (nSPS) is 30.0. The van der Waals surface area contributed by atoms with E-state index in [2.05, 4.69) is 52.1 Å². The second-order valence-electron chi connectivity index (χ2n) is 6.93. The van der Waals surface area contributed by atoms with Gasteiger partial charge in [-0.1, -0.05) is 6.42 Å². The van der Waals surface area contributed by atoms with Crippen molar-refractivity contribution in [2.75, 3.05) is 19.6 Å². The molecule has 4 heteroatoms. The lowest BCUT2D eigenvalue weighted by Crippen LogP contribution is -2.58. The van der Waals surface area contributed by atoms with Crippen LogP contribution in [0.5, 0.6) is 0 Å². The van der Waals surface area contributed by atoms with Gasteiger partial charge in [-0.25, -0.2) is 0 Å².